The Morgan fingerprint density at radius 3 is 2.72 bits per heavy atom. The molecule has 25 heavy (non-hydrogen) atoms. The predicted octanol–water partition coefficient (Wildman–Crippen LogP) is 4.14. The number of halogens is 1. The fraction of sp³-hybridized carbons (Fsp3) is 0.300. The number of carbonyl (C=O) groups excluding carboxylic acids is 2. The zero-order valence-corrected chi connectivity index (χ0v) is 14.9. The molecule has 0 aliphatic carbocycles. The first-order valence-electron chi connectivity index (χ1n) is 8.45. The number of nitrogens with zero attached hydrogens (tertiary/aromatic N) is 1. The summed E-state index contributed by atoms with van der Waals surface area (Å²) >= 11 is 5.98. The van der Waals surface area contributed by atoms with Gasteiger partial charge in [-0.25, -0.2) is 0 Å². The predicted molar refractivity (Wildman–Crippen MR) is 99.9 cm³/mol. The second-order valence-corrected chi connectivity index (χ2v) is 6.90. The molecule has 2 amide bonds. The van der Waals surface area contributed by atoms with Gasteiger partial charge < -0.3 is 10.2 Å². The van der Waals surface area contributed by atoms with Crippen LogP contribution >= 0.6 is 11.6 Å². The molecule has 1 atom stereocenters. The van der Waals surface area contributed by atoms with Crippen molar-refractivity contribution in [2.75, 3.05) is 18.4 Å². The van der Waals surface area contributed by atoms with Gasteiger partial charge in [0.05, 0.1) is 5.92 Å². The average molecular weight is 357 g/mol. The van der Waals surface area contributed by atoms with Crippen molar-refractivity contribution < 1.29 is 9.59 Å². The lowest BCUT2D eigenvalue weighted by Crippen LogP contribution is -2.43. The van der Waals surface area contributed by atoms with Crippen LogP contribution in [0.2, 0.25) is 5.02 Å². The number of rotatable bonds is 3. The first kappa shape index (κ1) is 17.5. The van der Waals surface area contributed by atoms with Crippen molar-refractivity contribution in [3.05, 3.63) is 64.7 Å². The third-order valence-corrected chi connectivity index (χ3v) is 4.67. The van der Waals surface area contributed by atoms with E-state index in [9.17, 15) is 9.59 Å². The zero-order valence-electron chi connectivity index (χ0n) is 14.2. The summed E-state index contributed by atoms with van der Waals surface area (Å²) in [7, 11) is 0. The standard InChI is InChI=1S/C20H21ClN2O2/c1-14-5-2-9-18(11-14)22-19(24)16-7-4-10-23(13-16)20(25)15-6-3-8-17(21)12-15/h2-3,5-6,8-9,11-12,16H,4,7,10,13H2,1H3,(H,22,24). The Kier molecular flexibility index (Phi) is 5.39. The Bertz CT molecular complexity index is 791. The van der Waals surface area contributed by atoms with Crippen molar-refractivity contribution in [1.82, 2.24) is 4.90 Å². The maximum atomic E-state index is 12.7. The minimum absolute atomic E-state index is 0.0332. The van der Waals surface area contributed by atoms with E-state index in [1.54, 1.807) is 29.2 Å². The third-order valence-electron chi connectivity index (χ3n) is 4.44. The van der Waals surface area contributed by atoms with Gasteiger partial charge in [-0.05, 0) is 55.7 Å². The van der Waals surface area contributed by atoms with Gasteiger partial charge in [0.25, 0.3) is 5.91 Å². The van der Waals surface area contributed by atoms with Crippen molar-refractivity contribution >= 4 is 29.1 Å². The monoisotopic (exact) mass is 356 g/mol. The van der Waals surface area contributed by atoms with Crippen LogP contribution in [0.5, 0.6) is 0 Å². The van der Waals surface area contributed by atoms with Gasteiger partial charge in [0.1, 0.15) is 0 Å². The molecule has 5 heteroatoms. The summed E-state index contributed by atoms with van der Waals surface area (Å²) in [5.74, 6) is -0.304. The molecule has 2 aromatic carbocycles. The summed E-state index contributed by atoms with van der Waals surface area (Å²) in [6.45, 7) is 3.09. The zero-order chi connectivity index (χ0) is 17.8. The maximum Gasteiger partial charge on any atom is 0.253 e. The van der Waals surface area contributed by atoms with E-state index in [0.29, 0.717) is 23.7 Å². The maximum absolute atomic E-state index is 12.7. The molecule has 0 radical (unpaired) electrons. The van der Waals surface area contributed by atoms with Crippen molar-refractivity contribution in [3.8, 4) is 0 Å². The summed E-state index contributed by atoms with van der Waals surface area (Å²) in [5.41, 5.74) is 2.45. The molecule has 0 bridgehead atoms. The van der Waals surface area contributed by atoms with Crippen LogP contribution in [-0.2, 0) is 4.79 Å². The van der Waals surface area contributed by atoms with Gasteiger partial charge in [0.15, 0.2) is 0 Å². The van der Waals surface area contributed by atoms with Crippen LogP contribution in [0.25, 0.3) is 0 Å². The molecule has 1 unspecified atom stereocenters. The molecule has 2 aromatic rings. The lowest BCUT2D eigenvalue weighted by molar-refractivity contribution is -0.121. The molecule has 1 N–H and O–H groups in total. The Hall–Kier alpha value is -2.33. The van der Waals surface area contributed by atoms with Crippen molar-refractivity contribution in [1.29, 1.82) is 0 Å². The van der Waals surface area contributed by atoms with Gasteiger partial charge in [-0.1, -0.05) is 29.8 Å². The summed E-state index contributed by atoms with van der Waals surface area (Å²) in [4.78, 5) is 27.0. The fourth-order valence-electron chi connectivity index (χ4n) is 3.15. The molecule has 0 saturated carbocycles. The molecule has 1 fully saturated rings. The highest BCUT2D eigenvalue weighted by atomic mass is 35.5. The first-order valence-corrected chi connectivity index (χ1v) is 8.83. The first-order chi connectivity index (χ1) is 12.0. The number of hydrogen-bond acceptors (Lipinski definition) is 2. The molecule has 0 spiro atoms. The molecule has 130 valence electrons. The van der Waals surface area contributed by atoms with E-state index in [1.807, 2.05) is 31.2 Å². The van der Waals surface area contributed by atoms with E-state index in [1.165, 1.54) is 0 Å². The van der Waals surface area contributed by atoms with E-state index in [4.69, 9.17) is 11.6 Å². The highest BCUT2D eigenvalue weighted by molar-refractivity contribution is 6.30. The van der Waals surface area contributed by atoms with Gasteiger partial charge >= 0.3 is 0 Å². The Morgan fingerprint density at radius 1 is 1.16 bits per heavy atom. The van der Waals surface area contributed by atoms with Gasteiger partial charge in [-0.3, -0.25) is 9.59 Å². The molecule has 0 aromatic heterocycles. The number of carbonyl (C=O) groups is 2. The highest BCUT2D eigenvalue weighted by Crippen LogP contribution is 2.22. The van der Waals surface area contributed by atoms with Crippen LogP contribution < -0.4 is 5.32 Å². The molecular weight excluding hydrogens is 336 g/mol. The summed E-state index contributed by atoms with van der Waals surface area (Å²) < 4.78 is 0. The largest absolute Gasteiger partial charge is 0.338 e. The molecule has 1 saturated heterocycles. The van der Waals surface area contributed by atoms with E-state index in [2.05, 4.69) is 5.32 Å². The number of anilines is 1. The normalized spacial score (nSPS) is 17.2. The minimum atomic E-state index is -0.197. The number of likely N-dealkylation sites (tertiary alicyclic amines) is 1. The highest BCUT2D eigenvalue weighted by Gasteiger charge is 2.29. The number of benzene rings is 2. The molecule has 1 aliphatic rings. The van der Waals surface area contributed by atoms with Crippen LogP contribution in [0, 0.1) is 12.8 Å². The second kappa shape index (κ2) is 7.70. The van der Waals surface area contributed by atoms with Gasteiger partial charge in [0, 0.05) is 29.4 Å². The van der Waals surface area contributed by atoms with Crippen molar-refractivity contribution in [2.45, 2.75) is 19.8 Å². The SMILES string of the molecule is Cc1cccc(NC(=O)C2CCCN(C(=O)c3cccc(Cl)c3)C2)c1. The Labute approximate surface area is 152 Å². The number of piperidine rings is 1. The molecule has 4 nitrogen and oxygen atoms in total. The van der Waals surface area contributed by atoms with E-state index >= 15 is 0 Å². The fourth-order valence-corrected chi connectivity index (χ4v) is 3.34. The molecule has 3 rings (SSSR count). The number of hydrogen-bond donors (Lipinski definition) is 1. The van der Waals surface area contributed by atoms with Crippen LogP contribution in [-0.4, -0.2) is 29.8 Å². The van der Waals surface area contributed by atoms with E-state index in [-0.39, 0.29) is 17.7 Å². The summed E-state index contributed by atoms with van der Waals surface area (Å²) in [5, 5.41) is 3.50. The lowest BCUT2D eigenvalue weighted by Gasteiger charge is -2.32. The average Bonchev–Trinajstić information content (AvgIpc) is 2.61. The summed E-state index contributed by atoms with van der Waals surface area (Å²) in [6.07, 6.45) is 1.61. The Morgan fingerprint density at radius 2 is 1.96 bits per heavy atom. The molecule has 1 aliphatic heterocycles. The van der Waals surface area contributed by atoms with Crippen LogP contribution in [0.1, 0.15) is 28.8 Å². The number of nitrogens with one attached hydrogen (secondary N) is 1. The number of aryl methyl sites for hydroxylation is 1. The smallest absolute Gasteiger partial charge is 0.253 e. The number of amides is 2. The van der Waals surface area contributed by atoms with Crippen molar-refractivity contribution in [2.24, 2.45) is 5.92 Å². The Balaban J connectivity index is 1.66. The van der Waals surface area contributed by atoms with Crippen LogP contribution in [0.4, 0.5) is 5.69 Å². The third kappa shape index (κ3) is 4.40. The lowest BCUT2D eigenvalue weighted by atomic mass is 9.96. The topological polar surface area (TPSA) is 49.4 Å². The molecule has 1 heterocycles. The quantitative estimate of drug-likeness (QED) is 0.898. The van der Waals surface area contributed by atoms with E-state index in [0.717, 1.165) is 24.1 Å². The second-order valence-electron chi connectivity index (χ2n) is 6.46. The summed E-state index contributed by atoms with van der Waals surface area (Å²) in [6, 6.07) is 14.7. The minimum Gasteiger partial charge on any atom is -0.338 e. The van der Waals surface area contributed by atoms with Gasteiger partial charge in [-0.15, -0.1) is 0 Å². The van der Waals surface area contributed by atoms with Gasteiger partial charge in [0.2, 0.25) is 5.91 Å². The van der Waals surface area contributed by atoms with Crippen molar-refractivity contribution in [3.63, 3.8) is 0 Å². The van der Waals surface area contributed by atoms with Crippen LogP contribution in [0.3, 0.4) is 0 Å². The molecular formula is C20H21ClN2O2. The van der Waals surface area contributed by atoms with E-state index < -0.39 is 0 Å². The van der Waals surface area contributed by atoms with Gasteiger partial charge in [-0.2, -0.15) is 0 Å². The van der Waals surface area contributed by atoms with Crippen LogP contribution in [0.15, 0.2) is 48.5 Å².